The first-order chi connectivity index (χ1) is 11.5. The smallest absolute Gasteiger partial charge is 0.274 e. The molecular formula is C17H19BrN4O2. The molecule has 0 aromatic carbocycles. The molecule has 2 aromatic rings. The van der Waals surface area contributed by atoms with E-state index < -0.39 is 0 Å². The number of pyridine rings is 2. The van der Waals surface area contributed by atoms with Crippen LogP contribution in [0.15, 0.2) is 52.4 Å². The maximum absolute atomic E-state index is 12.1. The summed E-state index contributed by atoms with van der Waals surface area (Å²) in [6, 6.07) is 7.17. The van der Waals surface area contributed by atoms with Crippen molar-refractivity contribution in [2.75, 3.05) is 17.2 Å². The topological polar surface area (TPSA) is 76.0 Å². The molecule has 126 valence electrons. The van der Waals surface area contributed by atoms with E-state index in [0.717, 1.165) is 4.47 Å². The van der Waals surface area contributed by atoms with Crippen molar-refractivity contribution in [3.8, 4) is 0 Å². The fourth-order valence-corrected chi connectivity index (χ4v) is 2.62. The van der Waals surface area contributed by atoms with E-state index in [1.165, 1.54) is 10.6 Å². The molecule has 0 aliphatic rings. The first kappa shape index (κ1) is 17.9. The molecule has 0 aliphatic carbocycles. The molecule has 0 amide bonds. The number of hydrogen-bond acceptors (Lipinski definition) is 5. The molecule has 0 radical (unpaired) electrons. The van der Waals surface area contributed by atoms with E-state index in [2.05, 4.69) is 38.1 Å². The van der Waals surface area contributed by atoms with Crippen LogP contribution in [0, 0.1) is 0 Å². The second-order valence-electron chi connectivity index (χ2n) is 5.22. The fourth-order valence-electron chi connectivity index (χ4n) is 2.08. The van der Waals surface area contributed by atoms with E-state index in [-0.39, 0.29) is 11.3 Å². The van der Waals surface area contributed by atoms with Gasteiger partial charge in [-0.2, -0.15) is 0 Å². The number of rotatable bonds is 8. The van der Waals surface area contributed by atoms with Crippen LogP contribution >= 0.6 is 15.9 Å². The monoisotopic (exact) mass is 390 g/mol. The molecule has 0 spiro atoms. The van der Waals surface area contributed by atoms with Gasteiger partial charge in [0.25, 0.3) is 5.56 Å². The molecule has 2 heterocycles. The Labute approximate surface area is 148 Å². The highest BCUT2D eigenvalue weighted by Gasteiger charge is 2.05. The van der Waals surface area contributed by atoms with E-state index in [1.807, 2.05) is 12.1 Å². The molecule has 2 aromatic heterocycles. The summed E-state index contributed by atoms with van der Waals surface area (Å²) in [6.45, 7) is 4.08. The number of hydrogen-bond donors (Lipinski definition) is 2. The number of aryl methyl sites for hydroxylation is 1. The Kier molecular flexibility index (Phi) is 6.31. The van der Waals surface area contributed by atoms with Crippen LogP contribution in [-0.4, -0.2) is 21.9 Å². The van der Waals surface area contributed by atoms with Crippen molar-refractivity contribution in [2.45, 2.75) is 12.8 Å². The Morgan fingerprint density at radius 3 is 2.92 bits per heavy atom. The van der Waals surface area contributed by atoms with Crippen molar-refractivity contribution < 1.29 is 4.79 Å². The zero-order chi connectivity index (χ0) is 17.5. The van der Waals surface area contributed by atoms with E-state index in [4.69, 9.17) is 0 Å². The third kappa shape index (κ3) is 5.06. The lowest BCUT2D eigenvalue weighted by Crippen LogP contribution is -2.19. The van der Waals surface area contributed by atoms with E-state index in [0.29, 0.717) is 36.7 Å². The molecular weight excluding hydrogens is 372 g/mol. The lowest BCUT2D eigenvalue weighted by molar-refractivity contribution is -0.114. The number of nitrogens with one attached hydrogen (secondary N) is 2. The maximum atomic E-state index is 12.1. The van der Waals surface area contributed by atoms with Gasteiger partial charge in [-0.15, -0.1) is 0 Å². The molecule has 6 nitrogen and oxygen atoms in total. The van der Waals surface area contributed by atoms with Crippen LogP contribution < -0.4 is 16.2 Å². The van der Waals surface area contributed by atoms with Gasteiger partial charge < -0.3 is 15.2 Å². The predicted molar refractivity (Wildman–Crippen MR) is 99.8 cm³/mol. The SMILES string of the molecule is C=CC(=O)CCCNc1cccc(Nc2cc(Br)cn(C)c2=O)n1. The van der Waals surface area contributed by atoms with Crippen molar-refractivity contribution >= 4 is 39.0 Å². The van der Waals surface area contributed by atoms with Gasteiger partial charge in [0.2, 0.25) is 0 Å². The Morgan fingerprint density at radius 2 is 2.17 bits per heavy atom. The van der Waals surface area contributed by atoms with Crippen LogP contribution in [0.3, 0.4) is 0 Å². The number of allylic oxidation sites excluding steroid dienone is 1. The summed E-state index contributed by atoms with van der Waals surface area (Å²) in [7, 11) is 1.69. The molecule has 0 saturated heterocycles. The molecule has 0 saturated carbocycles. The Balaban J connectivity index is 2.02. The molecule has 0 atom stereocenters. The van der Waals surface area contributed by atoms with Crippen molar-refractivity contribution in [1.29, 1.82) is 0 Å². The number of ketones is 1. The highest BCUT2D eigenvalue weighted by molar-refractivity contribution is 9.10. The van der Waals surface area contributed by atoms with E-state index in [1.54, 1.807) is 25.4 Å². The van der Waals surface area contributed by atoms with Gasteiger partial charge in [0, 0.05) is 30.7 Å². The van der Waals surface area contributed by atoms with Crippen molar-refractivity contribution in [3.05, 3.63) is 57.9 Å². The van der Waals surface area contributed by atoms with Gasteiger partial charge in [-0.1, -0.05) is 12.6 Å². The summed E-state index contributed by atoms with van der Waals surface area (Å²) in [5.41, 5.74) is 0.300. The summed E-state index contributed by atoms with van der Waals surface area (Å²) in [4.78, 5) is 27.7. The molecule has 0 fully saturated rings. The highest BCUT2D eigenvalue weighted by Crippen LogP contribution is 2.17. The Hall–Kier alpha value is -2.41. The largest absolute Gasteiger partial charge is 0.370 e. The summed E-state index contributed by atoms with van der Waals surface area (Å²) >= 11 is 3.37. The third-order valence-electron chi connectivity index (χ3n) is 3.30. The predicted octanol–water partition coefficient (Wildman–Crippen LogP) is 3.23. The molecule has 2 N–H and O–H groups in total. The minimum absolute atomic E-state index is 0.0330. The minimum Gasteiger partial charge on any atom is -0.370 e. The summed E-state index contributed by atoms with van der Waals surface area (Å²) in [5.74, 6) is 1.28. The number of nitrogens with zero attached hydrogens (tertiary/aromatic N) is 2. The van der Waals surface area contributed by atoms with Gasteiger partial charge in [-0.25, -0.2) is 4.98 Å². The van der Waals surface area contributed by atoms with Crippen LogP contribution in [0.5, 0.6) is 0 Å². The highest BCUT2D eigenvalue weighted by atomic mass is 79.9. The average molecular weight is 391 g/mol. The summed E-state index contributed by atoms with van der Waals surface area (Å²) in [6.07, 6.45) is 4.20. The van der Waals surface area contributed by atoms with E-state index in [9.17, 15) is 9.59 Å². The fraction of sp³-hybridized carbons (Fsp3) is 0.235. The zero-order valence-corrected chi connectivity index (χ0v) is 15.0. The zero-order valence-electron chi connectivity index (χ0n) is 13.4. The van der Waals surface area contributed by atoms with Crippen molar-refractivity contribution in [2.24, 2.45) is 7.05 Å². The first-order valence-electron chi connectivity index (χ1n) is 7.49. The minimum atomic E-state index is -0.138. The normalized spacial score (nSPS) is 10.2. The summed E-state index contributed by atoms with van der Waals surface area (Å²) in [5, 5.41) is 6.19. The van der Waals surface area contributed by atoms with Gasteiger partial charge in [-0.3, -0.25) is 9.59 Å². The van der Waals surface area contributed by atoms with Gasteiger partial charge in [0.15, 0.2) is 5.78 Å². The number of aromatic nitrogens is 2. The first-order valence-corrected chi connectivity index (χ1v) is 8.28. The Morgan fingerprint density at radius 1 is 1.42 bits per heavy atom. The molecule has 0 aliphatic heterocycles. The van der Waals surface area contributed by atoms with E-state index >= 15 is 0 Å². The second kappa shape index (κ2) is 8.44. The number of anilines is 3. The van der Waals surface area contributed by atoms with Crippen LogP contribution in [0.25, 0.3) is 0 Å². The van der Waals surface area contributed by atoms with Crippen LogP contribution in [0.1, 0.15) is 12.8 Å². The van der Waals surface area contributed by atoms with Crippen LogP contribution in [0.4, 0.5) is 17.3 Å². The quantitative estimate of drug-likeness (QED) is 0.534. The molecule has 2 rings (SSSR count). The molecule has 0 unspecified atom stereocenters. The molecule has 7 heteroatoms. The Bertz CT molecular complexity index is 801. The van der Waals surface area contributed by atoms with Gasteiger partial charge in [-0.05, 0) is 46.6 Å². The van der Waals surface area contributed by atoms with Gasteiger partial charge in [0.05, 0.1) is 0 Å². The second-order valence-corrected chi connectivity index (χ2v) is 6.14. The van der Waals surface area contributed by atoms with Gasteiger partial charge in [0.1, 0.15) is 17.3 Å². The standard InChI is InChI=1S/C17H19BrN4O2/c1-3-13(23)6-5-9-19-15-7-4-8-16(21-15)20-14-10-12(18)11-22(2)17(14)24/h3-4,7-8,10-11H,1,5-6,9H2,2H3,(H2,19,20,21). The van der Waals surface area contributed by atoms with Crippen LogP contribution in [0.2, 0.25) is 0 Å². The maximum Gasteiger partial charge on any atom is 0.274 e. The van der Waals surface area contributed by atoms with Crippen molar-refractivity contribution in [3.63, 3.8) is 0 Å². The lowest BCUT2D eigenvalue weighted by Gasteiger charge is -2.10. The average Bonchev–Trinajstić information content (AvgIpc) is 2.56. The molecule has 0 bridgehead atoms. The summed E-state index contributed by atoms with van der Waals surface area (Å²) < 4.78 is 2.29. The molecule has 24 heavy (non-hydrogen) atoms. The lowest BCUT2D eigenvalue weighted by atomic mass is 10.2. The number of carbonyl (C=O) groups is 1. The number of halogens is 1. The van der Waals surface area contributed by atoms with Gasteiger partial charge >= 0.3 is 0 Å². The van der Waals surface area contributed by atoms with Crippen LogP contribution in [-0.2, 0) is 11.8 Å². The number of carbonyl (C=O) groups excluding carboxylic acids is 1. The third-order valence-corrected chi connectivity index (χ3v) is 3.73. The van der Waals surface area contributed by atoms with Crippen molar-refractivity contribution in [1.82, 2.24) is 9.55 Å².